The van der Waals surface area contributed by atoms with Gasteiger partial charge in [0.2, 0.25) is 0 Å². The monoisotopic (exact) mass is 297 g/mol. The number of amides is 1. The van der Waals surface area contributed by atoms with E-state index >= 15 is 0 Å². The molecule has 1 saturated carbocycles. The highest BCUT2D eigenvalue weighted by Gasteiger charge is 2.36. The van der Waals surface area contributed by atoms with Crippen molar-refractivity contribution in [1.29, 1.82) is 0 Å². The van der Waals surface area contributed by atoms with Gasteiger partial charge in [-0.2, -0.15) is 0 Å². The van der Waals surface area contributed by atoms with Crippen LogP contribution in [0.1, 0.15) is 53.4 Å². The molecule has 0 aromatic carbocycles. The second kappa shape index (κ2) is 6.13. The molecule has 5 nitrogen and oxygen atoms in total. The Morgan fingerprint density at radius 1 is 1.43 bits per heavy atom. The molecule has 2 aliphatic rings. The van der Waals surface area contributed by atoms with Crippen molar-refractivity contribution < 1.29 is 9.53 Å². The third kappa shape index (κ3) is 4.85. The number of ether oxygens (including phenoxy) is 1. The molecule has 122 valence electrons. The number of nitrogens with zero attached hydrogens (tertiary/aromatic N) is 1. The molecule has 3 N–H and O–H groups in total. The Morgan fingerprint density at radius 2 is 2.10 bits per heavy atom. The molecule has 0 radical (unpaired) electrons. The van der Waals surface area contributed by atoms with Crippen molar-refractivity contribution in [2.24, 2.45) is 11.1 Å². The van der Waals surface area contributed by atoms with Gasteiger partial charge in [-0.15, -0.1) is 0 Å². The Bertz CT molecular complexity index is 374. The largest absolute Gasteiger partial charge is 0.444 e. The number of likely N-dealkylation sites (tertiary alicyclic amines) is 1. The van der Waals surface area contributed by atoms with Crippen molar-refractivity contribution >= 4 is 6.09 Å². The maximum absolute atomic E-state index is 12.2. The van der Waals surface area contributed by atoms with E-state index in [2.05, 4.69) is 12.2 Å². The third-order valence-electron chi connectivity index (χ3n) is 4.42. The number of carbonyl (C=O) groups is 1. The van der Waals surface area contributed by atoms with Crippen molar-refractivity contribution in [3.63, 3.8) is 0 Å². The van der Waals surface area contributed by atoms with Crippen LogP contribution in [0.4, 0.5) is 4.79 Å². The number of carbonyl (C=O) groups excluding carboxylic acids is 1. The van der Waals surface area contributed by atoms with E-state index in [1.54, 1.807) is 0 Å². The summed E-state index contributed by atoms with van der Waals surface area (Å²) in [6, 6.07) is 0.939. The molecule has 0 spiro atoms. The first-order valence-electron chi connectivity index (χ1n) is 8.14. The number of nitrogens with two attached hydrogens (primary N) is 1. The van der Waals surface area contributed by atoms with E-state index in [0.29, 0.717) is 12.1 Å². The van der Waals surface area contributed by atoms with E-state index in [9.17, 15) is 4.79 Å². The normalized spacial score (nSPS) is 33.5. The molecule has 21 heavy (non-hydrogen) atoms. The average molecular weight is 297 g/mol. The SMILES string of the molecule is CC1(CNC2CC(N)C2)CCCN(C(=O)OC(C)(C)C)C1. The Morgan fingerprint density at radius 3 is 2.67 bits per heavy atom. The number of hydrogen-bond donors (Lipinski definition) is 2. The fourth-order valence-corrected chi connectivity index (χ4v) is 3.16. The molecular weight excluding hydrogens is 266 g/mol. The summed E-state index contributed by atoms with van der Waals surface area (Å²) in [6.45, 7) is 10.5. The lowest BCUT2D eigenvalue weighted by Gasteiger charge is -2.43. The van der Waals surface area contributed by atoms with E-state index in [4.69, 9.17) is 10.5 Å². The molecule has 1 aliphatic carbocycles. The van der Waals surface area contributed by atoms with Crippen LogP contribution < -0.4 is 11.1 Å². The minimum atomic E-state index is -0.425. The van der Waals surface area contributed by atoms with Crippen molar-refractivity contribution in [3.05, 3.63) is 0 Å². The van der Waals surface area contributed by atoms with Gasteiger partial charge in [-0.1, -0.05) is 6.92 Å². The molecule has 1 aliphatic heterocycles. The summed E-state index contributed by atoms with van der Waals surface area (Å²) in [5, 5.41) is 3.61. The molecule has 0 bridgehead atoms. The molecule has 5 heteroatoms. The molecular formula is C16H31N3O2. The molecule has 1 atom stereocenters. The molecule has 1 amide bonds. The Hall–Kier alpha value is -0.810. The highest BCUT2D eigenvalue weighted by Crippen LogP contribution is 2.30. The summed E-state index contributed by atoms with van der Waals surface area (Å²) in [6.07, 6.45) is 4.16. The van der Waals surface area contributed by atoms with Gasteiger partial charge in [0, 0.05) is 31.7 Å². The minimum absolute atomic E-state index is 0.134. The maximum Gasteiger partial charge on any atom is 0.410 e. The van der Waals surface area contributed by atoms with Gasteiger partial charge in [0.15, 0.2) is 0 Å². The summed E-state index contributed by atoms with van der Waals surface area (Å²) in [5.41, 5.74) is 5.53. The van der Waals surface area contributed by atoms with Gasteiger partial charge in [-0.05, 0) is 51.9 Å². The zero-order valence-corrected chi connectivity index (χ0v) is 13.9. The number of rotatable bonds is 3. The van der Waals surface area contributed by atoms with Crippen LogP contribution in [-0.2, 0) is 4.74 Å². The second-order valence-electron chi connectivity index (χ2n) is 8.13. The highest BCUT2D eigenvalue weighted by molar-refractivity contribution is 5.68. The Labute approximate surface area is 128 Å². The van der Waals surface area contributed by atoms with E-state index in [0.717, 1.165) is 45.3 Å². The first-order valence-corrected chi connectivity index (χ1v) is 8.14. The standard InChI is InChI=1S/C16H31N3O2/c1-15(2,3)21-14(20)19-7-5-6-16(4,11-19)10-18-13-8-12(17)9-13/h12-13,18H,5-11,17H2,1-4H3. The zero-order valence-electron chi connectivity index (χ0n) is 13.9. The van der Waals surface area contributed by atoms with Crippen LogP contribution >= 0.6 is 0 Å². The molecule has 0 aromatic rings. The lowest BCUT2D eigenvalue weighted by molar-refractivity contribution is 0.00605. The maximum atomic E-state index is 12.2. The minimum Gasteiger partial charge on any atom is -0.444 e. The predicted octanol–water partition coefficient (Wildman–Crippen LogP) is 2.10. The molecule has 2 rings (SSSR count). The molecule has 0 aromatic heterocycles. The van der Waals surface area contributed by atoms with Gasteiger partial charge >= 0.3 is 6.09 Å². The molecule has 1 heterocycles. The number of nitrogens with one attached hydrogen (secondary N) is 1. The van der Waals surface area contributed by atoms with E-state index in [1.807, 2.05) is 25.7 Å². The molecule has 1 unspecified atom stereocenters. The Balaban J connectivity index is 1.82. The lowest BCUT2D eigenvalue weighted by atomic mass is 9.80. The average Bonchev–Trinajstić information content (AvgIpc) is 2.31. The molecule has 1 saturated heterocycles. The summed E-state index contributed by atoms with van der Waals surface area (Å²) >= 11 is 0. The summed E-state index contributed by atoms with van der Waals surface area (Å²) in [5.74, 6) is 0. The van der Waals surface area contributed by atoms with E-state index < -0.39 is 5.60 Å². The van der Waals surface area contributed by atoms with Crippen LogP contribution in [0.15, 0.2) is 0 Å². The highest BCUT2D eigenvalue weighted by atomic mass is 16.6. The third-order valence-corrected chi connectivity index (χ3v) is 4.42. The van der Waals surface area contributed by atoms with E-state index in [1.165, 1.54) is 0 Å². The van der Waals surface area contributed by atoms with Gasteiger partial charge in [0.25, 0.3) is 0 Å². The van der Waals surface area contributed by atoms with Crippen molar-refractivity contribution in [2.45, 2.75) is 71.1 Å². The van der Waals surface area contributed by atoms with Crippen molar-refractivity contribution in [3.8, 4) is 0 Å². The van der Waals surface area contributed by atoms with Gasteiger partial charge in [-0.25, -0.2) is 4.79 Å². The first-order chi connectivity index (χ1) is 9.67. The van der Waals surface area contributed by atoms with Crippen molar-refractivity contribution in [2.75, 3.05) is 19.6 Å². The van der Waals surface area contributed by atoms with Crippen LogP contribution in [0.3, 0.4) is 0 Å². The van der Waals surface area contributed by atoms with Crippen LogP contribution in [0.2, 0.25) is 0 Å². The molecule has 2 fully saturated rings. The number of piperidine rings is 1. The summed E-state index contributed by atoms with van der Waals surface area (Å²) in [4.78, 5) is 14.1. The van der Waals surface area contributed by atoms with Crippen LogP contribution in [0.5, 0.6) is 0 Å². The van der Waals surface area contributed by atoms with Gasteiger partial charge in [0.05, 0.1) is 0 Å². The predicted molar refractivity (Wildman–Crippen MR) is 84.1 cm³/mol. The summed E-state index contributed by atoms with van der Waals surface area (Å²) < 4.78 is 5.49. The van der Waals surface area contributed by atoms with Crippen LogP contribution in [0, 0.1) is 5.41 Å². The topological polar surface area (TPSA) is 67.6 Å². The van der Waals surface area contributed by atoms with Gasteiger partial charge in [-0.3, -0.25) is 0 Å². The zero-order chi connectivity index (χ0) is 15.7. The van der Waals surface area contributed by atoms with E-state index in [-0.39, 0.29) is 11.5 Å². The van der Waals surface area contributed by atoms with Crippen molar-refractivity contribution in [1.82, 2.24) is 10.2 Å². The van der Waals surface area contributed by atoms with Gasteiger partial charge in [0.1, 0.15) is 5.60 Å². The summed E-state index contributed by atoms with van der Waals surface area (Å²) in [7, 11) is 0. The second-order valence-corrected chi connectivity index (χ2v) is 8.13. The Kier molecular flexibility index (Phi) is 4.83. The first kappa shape index (κ1) is 16.6. The van der Waals surface area contributed by atoms with Gasteiger partial charge < -0.3 is 20.7 Å². The fraction of sp³-hybridized carbons (Fsp3) is 0.938. The smallest absolute Gasteiger partial charge is 0.410 e. The van der Waals surface area contributed by atoms with Crippen LogP contribution in [-0.4, -0.2) is 48.3 Å². The number of hydrogen-bond acceptors (Lipinski definition) is 4. The fourth-order valence-electron chi connectivity index (χ4n) is 3.16. The quantitative estimate of drug-likeness (QED) is 0.837. The lowest BCUT2D eigenvalue weighted by Crippen LogP contribution is -2.54. The van der Waals surface area contributed by atoms with Crippen LogP contribution in [0.25, 0.3) is 0 Å².